The maximum atomic E-state index is 5.53. The van der Waals surface area contributed by atoms with Crippen LogP contribution in [0.5, 0.6) is 0 Å². The SMILES string of the molecule is COCCN(CCOC)Cc1coc(-c2cccs2)n1. The van der Waals surface area contributed by atoms with E-state index in [2.05, 4.69) is 9.88 Å². The molecule has 20 heavy (non-hydrogen) atoms. The number of hydrogen-bond acceptors (Lipinski definition) is 6. The van der Waals surface area contributed by atoms with Crippen molar-refractivity contribution in [2.24, 2.45) is 0 Å². The van der Waals surface area contributed by atoms with E-state index in [-0.39, 0.29) is 0 Å². The molecule has 110 valence electrons. The van der Waals surface area contributed by atoms with E-state index in [1.165, 1.54) is 0 Å². The van der Waals surface area contributed by atoms with Gasteiger partial charge in [0.05, 0.1) is 23.8 Å². The first kappa shape index (κ1) is 15.2. The van der Waals surface area contributed by atoms with Gasteiger partial charge < -0.3 is 13.9 Å². The Kier molecular flexibility index (Phi) is 6.20. The molecule has 2 aromatic heterocycles. The normalized spacial score (nSPS) is 11.3. The van der Waals surface area contributed by atoms with Crippen LogP contribution in [-0.2, 0) is 16.0 Å². The van der Waals surface area contributed by atoms with Gasteiger partial charge in [0.1, 0.15) is 6.26 Å². The summed E-state index contributed by atoms with van der Waals surface area (Å²) in [7, 11) is 3.42. The van der Waals surface area contributed by atoms with Crippen molar-refractivity contribution in [1.29, 1.82) is 0 Å². The topological polar surface area (TPSA) is 47.7 Å². The van der Waals surface area contributed by atoms with Crippen molar-refractivity contribution in [3.63, 3.8) is 0 Å². The molecule has 0 fully saturated rings. The zero-order valence-corrected chi connectivity index (χ0v) is 12.7. The molecule has 0 aliphatic carbocycles. The lowest BCUT2D eigenvalue weighted by Gasteiger charge is -2.19. The van der Waals surface area contributed by atoms with Crippen LogP contribution in [0.1, 0.15) is 5.69 Å². The molecular weight excluding hydrogens is 276 g/mol. The molecule has 2 rings (SSSR count). The number of rotatable bonds is 9. The van der Waals surface area contributed by atoms with Crippen molar-refractivity contribution in [1.82, 2.24) is 9.88 Å². The van der Waals surface area contributed by atoms with Gasteiger partial charge in [-0.05, 0) is 11.4 Å². The lowest BCUT2D eigenvalue weighted by molar-refractivity contribution is 0.109. The van der Waals surface area contributed by atoms with E-state index < -0.39 is 0 Å². The monoisotopic (exact) mass is 296 g/mol. The first-order valence-electron chi connectivity index (χ1n) is 6.52. The summed E-state index contributed by atoms with van der Waals surface area (Å²) in [5, 5.41) is 2.02. The van der Waals surface area contributed by atoms with E-state index in [4.69, 9.17) is 13.9 Å². The Balaban J connectivity index is 1.95. The van der Waals surface area contributed by atoms with Crippen molar-refractivity contribution in [2.75, 3.05) is 40.5 Å². The predicted molar refractivity (Wildman–Crippen MR) is 78.8 cm³/mol. The van der Waals surface area contributed by atoms with Crippen LogP contribution in [0.25, 0.3) is 10.8 Å². The zero-order chi connectivity index (χ0) is 14.2. The van der Waals surface area contributed by atoms with Crippen LogP contribution in [0.4, 0.5) is 0 Å². The Labute approximate surface area is 123 Å². The minimum atomic E-state index is 0.688. The Hall–Kier alpha value is -1.21. The third kappa shape index (κ3) is 4.42. The van der Waals surface area contributed by atoms with Gasteiger partial charge in [0.2, 0.25) is 5.89 Å². The van der Waals surface area contributed by atoms with E-state index in [9.17, 15) is 0 Å². The van der Waals surface area contributed by atoms with E-state index in [1.54, 1.807) is 31.8 Å². The van der Waals surface area contributed by atoms with Crippen LogP contribution in [0, 0.1) is 0 Å². The molecule has 2 heterocycles. The highest BCUT2D eigenvalue weighted by atomic mass is 32.1. The highest BCUT2D eigenvalue weighted by Gasteiger charge is 2.11. The zero-order valence-electron chi connectivity index (χ0n) is 11.9. The van der Waals surface area contributed by atoms with Crippen LogP contribution >= 0.6 is 11.3 Å². The molecule has 0 radical (unpaired) electrons. The molecule has 0 aromatic carbocycles. The van der Waals surface area contributed by atoms with Crippen molar-refractivity contribution in [3.8, 4) is 10.8 Å². The lowest BCUT2D eigenvalue weighted by atomic mass is 10.4. The van der Waals surface area contributed by atoms with Crippen LogP contribution in [0.2, 0.25) is 0 Å². The molecular formula is C14H20N2O3S. The minimum absolute atomic E-state index is 0.688. The van der Waals surface area contributed by atoms with Crippen LogP contribution in [-0.4, -0.2) is 50.4 Å². The molecule has 0 saturated carbocycles. The number of ether oxygens (including phenoxy) is 2. The van der Waals surface area contributed by atoms with Crippen molar-refractivity contribution >= 4 is 11.3 Å². The second-order valence-corrected chi connectivity index (χ2v) is 5.33. The van der Waals surface area contributed by atoms with E-state index >= 15 is 0 Å². The smallest absolute Gasteiger partial charge is 0.236 e. The summed E-state index contributed by atoms with van der Waals surface area (Å²) in [4.78, 5) is 7.82. The van der Waals surface area contributed by atoms with Crippen molar-refractivity contribution in [2.45, 2.75) is 6.54 Å². The molecule has 0 amide bonds. The lowest BCUT2D eigenvalue weighted by Crippen LogP contribution is -2.30. The Morgan fingerprint density at radius 1 is 1.25 bits per heavy atom. The Bertz CT molecular complexity index is 476. The third-order valence-electron chi connectivity index (χ3n) is 2.89. The molecule has 0 N–H and O–H groups in total. The molecule has 5 nitrogen and oxygen atoms in total. The summed E-state index contributed by atoms with van der Waals surface area (Å²) in [5.41, 5.74) is 0.931. The van der Waals surface area contributed by atoms with Crippen molar-refractivity contribution < 1.29 is 13.9 Å². The van der Waals surface area contributed by atoms with Gasteiger partial charge in [-0.15, -0.1) is 11.3 Å². The van der Waals surface area contributed by atoms with Gasteiger partial charge in [-0.1, -0.05) is 6.07 Å². The van der Waals surface area contributed by atoms with Gasteiger partial charge in [0.25, 0.3) is 0 Å². The molecule has 0 unspecified atom stereocenters. The maximum Gasteiger partial charge on any atom is 0.236 e. The first-order valence-corrected chi connectivity index (χ1v) is 7.40. The van der Waals surface area contributed by atoms with Crippen LogP contribution in [0.15, 0.2) is 28.2 Å². The molecule has 0 atom stereocenters. The number of oxazole rings is 1. The van der Waals surface area contributed by atoms with E-state index in [0.717, 1.165) is 30.2 Å². The fraction of sp³-hybridized carbons (Fsp3) is 0.500. The summed E-state index contributed by atoms with van der Waals surface area (Å²) in [5.74, 6) is 0.688. The Morgan fingerprint density at radius 3 is 2.60 bits per heavy atom. The van der Waals surface area contributed by atoms with Crippen molar-refractivity contribution in [3.05, 3.63) is 29.5 Å². The molecule has 0 aliphatic heterocycles. The summed E-state index contributed by atoms with van der Waals surface area (Å²) in [6.45, 7) is 3.82. The number of hydrogen-bond donors (Lipinski definition) is 0. The average molecular weight is 296 g/mol. The minimum Gasteiger partial charge on any atom is -0.444 e. The number of aromatic nitrogens is 1. The van der Waals surface area contributed by atoms with E-state index in [1.807, 2.05) is 17.5 Å². The van der Waals surface area contributed by atoms with E-state index in [0.29, 0.717) is 19.1 Å². The molecule has 0 spiro atoms. The van der Waals surface area contributed by atoms with Crippen LogP contribution < -0.4 is 0 Å². The highest BCUT2D eigenvalue weighted by Crippen LogP contribution is 2.23. The molecule has 0 bridgehead atoms. The second kappa shape index (κ2) is 8.16. The van der Waals surface area contributed by atoms with Gasteiger partial charge >= 0.3 is 0 Å². The summed E-state index contributed by atoms with van der Waals surface area (Å²) < 4.78 is 15.8. The molecule has 0 saturated heterocycles. The predicted octanol–water partition coefficient (Wildman–Crippen LogP) is 2.50. The van der Waals surface area contributed by atoms with Gasteiger partial charge in [-0.3, -0.25) is 4.90 Å². The summed E-state index contributed by atoms with van der Waals surface area (Å²) in [6.07, 6.45) is 1.72. The largest absolute Gasteiger partial charge is 0.444 e. The number of thiophene rings is 1. The number of methoxy groups -OCH3 is 2. The fourth-order valence-electron chi connectivity index (χ4n) is 1.83. The van der Waals surface area contributed by atoms with Gasteiger partial charge in [0, 0.05) is 33.9 Å². The van der Waals surface area contributed by atoms with Gasteiger partial charge in [-0.2, -0.15) is 0 Å². The second-order valence-electron chi connectivity index (χ2n) is 4.38. The first-order chi connectivity index (χ1) is 9.83. The van der Waals surface area contributed by atoms with Crippen LogP contribution in [0.3, 0.4) is 0 Å². The molecule has 2 aromatic rings. The standard InChI is InChI=1S/C14H20N2O3S/c1-17-7-5-16(6-8-18-2)10-12-11-19-14(15-12)13-4-3-9-20-13/h3-4,9,11H,5-8,10H2,1-2H3. The third-order valence-corrected chi connectivity index (χ3v) is 3.75. The molecule has 0 aliphatic rings. The highest BCUT2D eigenvalue weighted by molar-refractivity contribution is 7.13. The summed E-state index contributed by atoms with van der Waals surface area (Å²) in [6, 6.07) is 4.00. The average Bonchev–Trinajstić information content (AvgIpc) is 3.12. The maximum absolute atomic E-state index is 5.53. The van der Waals surface area contributed by atoms with Gasteiger partial charge in [0.15, 0.2) is 0 Å². The van der Waals surface area contributed by atoms with Gasteiger partial charge in [-0.25, -0.2) is 4.98 Å². The fourth-order valence-corrected chi connectivity index (χ4v) is 2.49. The quantitative estimate of drug-likeness (QED) is 0.711. The Morgan fingerprint density at radius 2 is 2.00 bits per heavy atom. The molecule has 6 heteroatoms. The summed E-state index contributed by atoms with van der Waals surface area (Å²) >= 11 is 1.63. The number of nitrogens with zero attached hydrogens (tertiary/aromatic N) is 2.